The number of fused-ring (bicyclic) bond motifs is 7. The van der Waals surface area contributed by atoms with E-state index in [4.69, 9.17) is 14.2 Å². The summed E-state index contributed by atoms with van der Waals surface area (Å²) in [6, 6.07) is 9.79. The molecule has 1 aromatic rings. The molecule has 0 bridgehead atoms. The molecule has 8 nitrogen and oxygen atoms in total. The van der Waals surface area contributed by atoms with Crippen molar-refractivity contribution < 1.29 is 28.6 Å². The Morgan fingerprint density at radius 1 is 0.677 bits per heavy atom. The van der Waals surface area contributed by atoms with Crippen LogP contribution < -0.4 is 10.6 Å². The molecule has 62 heavy (non-hydrogen) atoms. The Hall–Kier alpha value is -2.61. The first-order valence-corrected chi connectivity index (χ1v) is 24.9. The van der Waals surface area contributed by atoms with Gasteiger partial charge in [0.1, 0.15) is 18.3 Å². The Kier molecular flexibility index (Phi) is 11.3. The lowest BCUT2D eigenvalue weighted by Gasteiger charge is -2.73. The average molecular weight is 857 g/mol. The number of alkyl carbamates (subject to hydrolysis) is 1. The van der Waals surface area contributed by atoms with Crippen LogP contribution >= 0.6 is 0 Å². The standard InChI is InChI=1S/C54H84N2O6/c1-46(2,3)62-45(59)56-47(4,5)33-55-54-26-21-35(50(10)27-28-50)42(54)36-19-20-40-51(11)24-23-41(49(8,9)39(51)22-25-53(40,13)52(36,12)29-30-54)61-44(58)38-31-37(48(38,6)7)43(57)60-32-34-17-15-14-16-18-34/h14-18,35-42,55H,19-33H2,1-13H3,(H,56,59)/t35-,36-,37+,38-,39+,40-,41+,42-,51+,52-,53-,54?/m1/s1. The Morgan fingerprint density at radius 2 is 1.35 bits per heavy atom. The van der Waals surface area contributed by atoms with Gasteiger partial charge in [0, 0.05) is 17.5 Å². The number of carbonyl (C=O) groups excluding carboxylic acids is 3. The summed E-state index contributed by atoms with van der Waals surface area (Å²) in [6.07, 6.45) is 14.7. The molecule has 7 fully saturated rings. The number of ether oxygens (including phenoxy) is 3. The molecule has 7 aliphatic rings. The second kappa shape index (κ2) is 15.2. The van der Waals surface area contributed by atoms with Gasteiger partial charge in [0.15, 0.2) is 0 Å². The van der Waals surface area contributed by atoms with Crippen LogP contribution in [-0.2, 0) is 30.4 Å². The fraction of sp³-hybridized carbons (Fsp3) is 0.833. The van der Waals surface area contributed by atoms with Crippen LogP contribution in [-0.4, -0.2) is 47.4 Å². The predicted octanol–water partition coefficient (Wildman–Crippen LogP) is 11.8. The molecule has 0 aliphatic heterocycles. The highest BCUT2D eigenvalue weighted by Crippen LogP contribution is 2.78. The fourth-order valence-electron chi connectivity index (χ4n) is 16.2. The molecule has 0 spiro atoms. The Bertz CT molecular complexity index is 1880. The maximum atomic E-state index is 14.1. The van der Waals surface area contributed by atoms with Gasteiger partial charge in [-0.2, -0.15) is 0 Å². The third-order valence-electron chi connectivity index (χ3n) is 20.3. The van der Waals surface area contributed by atoms with Crippen LogP contribution in [0.5, 0.6) is 0 Å². The number of hydrogen-bond donors (Lipinski definition) is 2. The van der Waals surface area contributed by atoms with Gasteiger partial charge in [-0.25, -0.2) is 4.79 Å². The predicted molar refractivity (Wildman–Crippen MR) is 245 cm³/mol. The van der Waals surface area contributed by atoms with E-state index in [2.05, 4.69) is 66.0 Å². The first-order valence-electron chi connectivity index (χ1n) is 24.9. The minimum absolute atomic E-state index is 0.0963. The molecule has 8 rings (SSSR count). The van der Waals surface area contributed by atoms with E-state index < -0.39 is 16.6 Å². The highest BCUT2D eigenvalue weighted by atomic mass is 16.6. The van der Waals surface area contributed by atoms with E-state index in [-0.39, 0.29) is 69.8 Å². The van der Waals surface area contributed by atoms with Crippen LogP contribution in [0.15, 0.2) is 30.3 Å². The van der Waals surface area contributed by atoms with Gasteiger partial charge >= 0.3 is 18.0 Å². The maximum Gasteiger partial charge on any atom is 0.408 e. The van der Waals surface area contributed by atoms with Crippen LogP contribution in [0.3, 0.4) is 0 Å². The lowest BCUT2D eigenvalue weighted by atomic mass is 9.32. The van der Waals surface area contributed by atoms with Gasteiger partial charge in [-0.05, 0) is 180 Å². The van der Waals surface area contributed by atoms with Crippen LogP contribution in [0.1, 0.15) is 179 Å². The largest absolute Gasteiger partial charge is 0.462 e. The SMILES string of the molecule is CC(C)(CNC12CC[C@@H](C3(C)CC3)[C@@H]1[C@H]1CC[C@@H]3[C@@]4(C)CC[C@H](OC(=O)[C@H]5C[C@@H](C(=O)OCc6ccccc6)C5(C)C)C(C)(C)[C@@H]4CC[C@@]3(C)[C@]1(C)CC2)NC(=O)OC(C)(C)C. The quantitative estimate of drug-likeness (QED) is 0.178. The van der Waals surface area contributed by atoms with E-state index in [0.29, 0.717) is 35.5 Å². The van der Waals surface area contributed by atoms with E-state index >= 15 is 0 Å². The van der Waals surface area contributed by atoms with Gasteiger partial charge in [0.05, 0.1) is 17.4 Å². The van der Waals surface area contributed by atoms with Crippen LogP contribution in [0.4, 0.5) is 4.79 Å². The van der Waals surface area contributed by atoms with Crippen molar-refractivity contribution in [1.29, 1.82) is 0 Å². The number of esters is 2. The van der Waals surface area contributed by atoms with Crippen LogP contribution in [0.2, 0.25) is 0 Å². The van der Waals surface area contributed by atoms with Gasteiger partial charge in [0.25, 0.3) is 0 Å². The van der Waals surface area contributed by atoms with E-state index in [0.717, 1.165) is 30.9 Å². The maximum absolute atomic E-state index is 14.1. The van der Waals surface area contributed by atoms with Gasteiger partial charge in [-0.3, -0.25) is 9.59 Å². The number of carbonyl (C=O) groups is 3. The highest BCUT2D eigenvalue weighted by Gasteiger charge is 2.72. The summed E-state index contributed by atoms with van der Waals surface area (Å²) in [6.45, 7) is 30.6. The molecule has 2 N–H and O–H groups in total. The van der Waals surface area contributed by atoms with Crippen molar-refractivity contribution >= 4 is 18.0 Å². The number of amides is 1. The second-order valence-corrected chi connectivity index (χ2v) is 26.1. The molecule has 346 valence electrons. The van der Waals surface area contributed by atoms with Crippen molar-refractivity contribution in [3.05, 3.63) is 35.9 Å². The number of nitrogens with one attached hydrogen (secondary N) is 2. The third kappa shape index (κ3) is 7.56. The summed E-state index contributed by atoms with van der Waals surface area (Å²) in [7, 11) is 0. The molecule has 8 heteroatoms. The average Bonchev–Trinajstić information content (AvgIpc) is 3.79. The normalized spacial score (nSPS) is 41.2. The molecule has 0 radical (unpaired) electrons. The molecule has 1 amide bonds. The summed E-state index contributed by atoms with van der Waals surface area (Å²) in [5.74, 6) is 2.21. The molecule has 7 aliphatic carbocycles. The van der Waals surface area contributed by atoms with Gasteiger partial charge in [-0.1, -0.05) is 85.7 Å². The Labute approximate surface area is 375 Å². The molecule has 0 heterocycles. The van der Waals surface area contributed by atoms with Crippen molar-refractivity contribution in [3.63, 3.8) is 0 Å². The zero-order valence-corrected chi connectivity index (χ0v) is 41.1. The number of hydrogen-bond acceptors (Lipinski definition) is 7. The zero-order chi connectivity index (χ0) is 45.1. The summed E-state index contributed by atoms with van der Waals surface area (Å²) >= 11 is 0. The molecular weight excluding hydrogens is 773 g/mol. The third-order valence-corrected chi connectivity index (χ3v) is 20.3. The molecule has 0 saturated heterocycles. The van der Waals surface area contributed by atoms with Crippen LogP contribution in [0.25, 0.3) is 0 Å². The van der Waals surface area contributed by atoms with Crippen molar-refractivity contribution in [2.24, 2.45) is 73.9 Å². The smallest absolute Gasteiger partial charge is 0.408 e. The molecule has 1 unspecified atom stereocenters. The molecular formula is C54H84N2O6. The van der Waals surface area contributed by atoms with E-state index in [1.54, 1.807) is 0 Å². The van der Waals surface area contributed by atoms with E-state index in [1.807, 2.05) is 65.0 Å². The molecule has 12 atom stereocenters. The van der Waals surface area contributed by atoms with Crippen molar-refractivity contribution in [1.82, 2.24) is 10.6 Å². The van der Waals surface area contributed by atoms with Gasteiger partial charge < -0.3 is 24.8 Å². The number of benzene rings is 1. The lowest BCUT2D eigenvalue weighted by Crippen LogP contribution is -2.69. The second-order valence-electron chi connectivity index (χ2n) is 26.1. The topological polar surface area (TPSA) is 103 Å². The van der Waals surface area contributed by atoms with Crippen molar-refractivity contribution in [2.45, 2.75) is 203 Å². The monoisotopic (exact) mass is 857 g/mol. The Balaban J connectivity index is 0.956. The fourth-order valence-corrected chi connectivity index (χ4v) is 16.2. The number of rotatable bonds is 10. The van der Waals surface area contributed by atoms with E-state index in [1.165, 1.54) is 64.2 Å². The first kappa shape index (κ1) is 45.9. The summed E-state index contributed by atoms with van der Waals surface area (Å²) < 4.78 is 18.0. The lowest BCUT2D eigenvalue weighted by molar-refractivity contribution is -0.250. The van der Waals surface area contributed by atoms with Crippen molar-refractivity contribution in [2.75, 3.05) is 6.54 Å². The Morgan fingerprint density at radius 3 is 2.00 bits per heavy atom. The molecule has 0 aromatic heterocycles. The minimum Gasteiger partial charge on any atom is -0.462 e. The van der Waals surface area contributed by atoms with Gasteiger partial charge in [-0.15, -0.1) is 0 Å². The van der Waals surface area contributed by atoms with Crippen LogP contribution in [0, 0.1) is 73.9 Å². The summed E-state index contributed by atoms with van der Waals surface area (Å²) in [5.41, 5.74) is 0.571. The molecule has 1 aromatic carbocycles. The van der Waals surface area contributed by atoms with Gasteiger partial charge in [0.2, 0.25) is 0 Å². The highest BCUT2D eigenvalue weighted by molar-refractivity contribution is 5.82. The van der Waals surface area contributed by atoms with Crippen molar-refractivity contribution in [3.8, 4) is 0 Å². The molecule has 7 saturated carbocycles. The summed E-state index contributed by atoms with van der Waals surface area (Å²) in [5, 5.41) is 7.46. The zero-order valence-electron chi connectivity index (χ0n) is 41.1. The van der Waals surface area contributed by atoms with E-state index in [9.17, 15) is 14.4 Å². The first-order chi connectivity index (χ1) is 28.7. The summed E-state index contributed by atoms with van der Waals surface area (Å²) in [4.78, 5) is 40.2. The minimum atomic E-state index is -0.531.